The Hall–Kier alpha value is -1.93. The Bertz CT molecular complexity index is 748. The minimum Gasteiger partial charge on any atom is -0.426 e. The van der Waals surface area contributed by atoms with Crippen LogP contribution in [0.25, 0.3) is 10.8 Å². The highest BCUT2D eigenvalue weighted by atomic mass is 16.4. The average molecular weight is 372 g/mol. The number of aliphatic hydroxyl groups is 1. The van der Waals surface area contributed by atoms with E-state index in [1.165, 1.54) is 0 Å². The summed E-state index contributed by atoms with van der Waals surface area (Å²) in [6.07, 6.45) is 0.426. The lowest BCUT2D eigenvalue weighted by Crippen LogP contribution is -2.54. The largest absolute Gasteiger partial charge is 0.477 e. The van der Waals surface area contributed by atoms with E-state index in [4.69, 9.17) is 5.84 Å². The number of hydrogen-bond acceptors (Lipinski definition) is 5. The maximum absolute atomic E-state index is 12.3. The summed E-state index contributed by atoms with van der Waals surface area (Å²) in [5, 5.41) is 32.4. The second-order valence-corrected chi connectivity index (χ2v) is 7.45. The standard InChI is InChI=1S/C20H29BN2O4/c1-14(2)12-19(21(26)27)23(22)20(25)13-17(24)11-10-16-8-5-7-15-6-3-4-9-18(15)16/h3-9,14,17,19,24,26-27H,10-13,22H2,1-2H3/t17?,19-/m0/s1. The van der Waals surface area contributed by atoms with Crippen LogP contribution in [0.5, 0.6) is 0 Å². The molecule has 2 aromatic carbocycles. The first kappa shape index (κ1) is 21.4. The Morgan fingerprint density at radius 2 is 1.81 bits per heavy atom. The molecule has 0 radical (unpaired) electrons. The number of hydrogen-bond donors (Lipinski definition) is 4. The highest BCUT2D eigenvalue weighted by Gasteiger charge is 2.32. The van der Waals surface area contributed by atoms with E-state index in [1.807, 2.05) is 56.3 Å². The van der Waals surface area contributed by atoms with Gasteiger partial charge in [-0.15, -0.1) is 0 Å². The zero-order valence-corrected chi connectivity index (χ0v) is 16.0. The average Bonchev–Trinajstić information content (AvgIpc) is 2.63. The Balaban J connectivity index is 1.94. The van der Waals surface area contributed by atoms with Crippen LogP contribution < -0.4 is 5.84 Å². The molecule has 0 heterocycles. The molecule has 1 unspecified atom stereocenters. The van der Waals surface area contributed by atoms with Gasteiger partial charge in [0.2, 0.25) is 5.91 Å². The molecule has 6 nitrogen and oxygen atoms in total. The van der Waals surface area contributed by atoms with Crippen LogP contribution in [-0.2, 0) is 11.2 Å². The molecule has 2 atom stereocenters. The van der Waals surface area contributed by atoms with Gasteiger partial charge in [0.1, 0.15) is 0 Å². The van der Waals surface area contributed by atoms with Crippen molar-refractivity contribution in [1.82, 2.24) is 5.01 Å². The fraction of sp³-hybridized carbons (Fsp3) is 0.450. The highest BCUT2D eigenvalue weighted by Crippen LogP contribution is 2.21. The van der Waals surface area contributed by atoms with Gasteiger partial charge in [0, 0.05) is 0 Å². The van der Waals surface area contributed by atoms with Gasteiger partial charge >= 0.3 is 7.12 Å². The van der Waals surface area contributed by atoms with Crippen molar-refractivity contribution in [3.63, 3.8) is 0 Å². The smallest absolute Gasteiger partial charge is 0.426 e. The lowest BCUT2D eigenvalue weighted by molar-refractivity contribution is -0.135. The number of nitrogens with two attached hydrogens (primary N) is 1. The normalized spacial score (nSPS) is 13.6. The molecule has 0 saturated heterocycles. The molecule has 0 spiro atoms. The van der Waals surface area contributed by atoms with Crippen LogP contribution in [0.1, 0.15) is 38.7 Å². The third-order valence-corrected chi connectivity index (χ3v) is 4.74. The molecule has 0 aliphatic heterocycles. The van der Waals surface area contributed by atoms with Gasteiger partial charge < -0.3 is 15.2 Å². The molecule has 5 N–H and O–H groups in total. The summed E-state index contributed by atoms with van der Waals surface area (Å²) in [4.78, 5) is 12.3. The van der Waals surface area contributed by atoms with Crippen LogP contribution in [0.2, 0.25) is 0 Å². The first-order valence-corrected chi connectivity index (χ1v) is 9.37. The number of nitrogens with zero attached hydrogens (tertiary/aromatic N) is 1. The highest BCUT2D eigenvalue weighted by molar-refractivity contribution is 6.43. The minimum atomic E-state index is -1.71. The summed E-state index contributed by atoms with van der Waals surface area (Å²) in [6, 6.07) is 14.1. The van der Waals surface area contributed by atoms with E-state index >= 15 is 0 Å². The van der Waals surface area contributed by atoms with Crippen LogP contribution in [0.15, 0.2) is 42.5 Å². The van der Waals surface area contributed by atoms with Gasteiger partial charge in [0.25, 0.3) is 0 Å². The van der Waals surface area contributed by atoms with Gasteiger partial charge in [-0.1, -0.05) is 56.3 Å². The zero-order chi connectivity index (χ0) is 20.0. The fourth-order valence-corrected chi connectivity index (χ4v) is 3.29. The molecule has 7 heteroatoms. The van der Waals surface area contributed by atoms with Crippen LogP contribution in [0, 0.1) is 5.92 Å². The fourth-order valence-electron chi connectivity index (χ4n) is 3.29. The van der Waals surface area contributed by atoms with Crippen molar-refractivity contribution in [2.24, 2.45) is 11.8 Å². The number of rotatable bonds is 9. The number of carbonyl (C=O) groups is 1. The van der Waals surface area contributed by atoms with Gasteiger partial charge in [-0.05, 0) is 41.5 Å². The first-order chi connectivity index (χ1) is 12.8. The number of hydrazine groups is 1. The molecular weight excluding hydrogens is 343 g/mol. The minimum absolute atomic E-state index is 0.145. The molecule has 1 amide bonds. The molecule has 2 rings (SSSR count). The second kappa shape index (κ2) is 9.85. The van der Waals surface area contributed by atoms with E-state index in [0.717, 1.165) is 21.3 Å². The van der Waals surface area contributed by atoms with Crippen LogP contribution >= 0.6 is 0 Å². The maximum Gasteiger partial charge on any atom is 0.477 e. The van der Waals surface area contributed by atoms with Gasteiger partial charge in [0.05, 0.1) is 18.5 Å². The summed E-state index contributed by atoms with van der Waals surface area (Å²) in [5.41, 5.74) is 1.12. The number of amides is 1. The first-order valence-electron chi connectivity index (χ1n) is 9.37. The predicted octanol–water partition coefficient (Wildman–Crippen LogP) is 1.65. The predicted molar refractivity (Wildman–Crippen MR) is 107 cm³/mol. The lowest BCUT2D eigenvalue weighted by atomic mass is 9.74. The summed E-state index contributed by atoms with van der Waals surface area (Å²) in [6.45, 7) is 3.82. The van der Waals surface area contributed by atoms with Gasteiger partial charge in [-0.2, -0.15) is 0 Å². The number of aryl methyl sites for hydroxylation is 1. The summed E-state index contributed by atoms with van der Waals surface area (Å²) >= 11 is 0. The Morgan fingerprint density at radius 1 is 1.15 bits per heavy atom. The van der Waals surface area contributed by atoms with Crippen LogP contribution in [0.3, 0.4) is 0 Å². The quantitative estimate of drug-likeness (QED) is 0.232. The zero-order valence-electron chi connectivity index (χ0n) is 16.0. The van der Waals surface area contributed by atoms with E-state index < -0.39 is 25.1 Å². The van der Waals surface area contributed by atoms with Crippen LogP contribution in [0.4, 0.5) is 0 Å². The van der Waals surface area contributed by atoms with E-state index in [1.54, 1.807) is 0 Å². The number of carbonyl (C=O) groups excluding carboxylic acids is 1. The Labute approximate surface area is 160 Å². The van der Waals surface area contributed by atoms with E-state index in [-0.39, 0.29) is 12.3 Å². The molecule has 0 aromatic heterocycles. The Kier molecular flexibility index (Phi) is 7.80. The summed E-state index contributed by atoms with van der Waals surface area (Å²) < 4.78 is 0. The van der Waals surface area contributed by atoms with E-state index in [2.05, 4.69) is 0 Å². The van der Waals surface area contributed by atoms with E-state index in [0.29, 0.717) is 19.3 Å². The second-order valence-electron chi connectivity index (χ2n) is 7.45. The van der Waals surface area contributed by atoms with Crippen molar-refractivity contribution in [2.75, 3.05) is 0 Å². The van der Waals surface area contributed by atoms with Crippen LogP contribution in [-0.4, -0.2) is 45.2 Å². The molecule has 27 heavy (non-hydrogen) atoms. The number of fused-ring (bicyclic) bond motifs is 1. The molecule has 2 aromatic rings. The van der Waals surface area contributed by atoms with Crippen molar-refractivity contribution in [2.45, 2.75) is 51.6 Å². The van der Waals surface area contributed by atoms with Crippen molar-refractivity contribution in [1.29, 1.82) is 0 Å². The summed E-state index contributed by atoms with van der Waals surface area (Å²) in [5.74, 6) is 4.55. The topological polar surface area (TPSA) is 107 Å². The number of aliphatic hydroxyl groups excluding tert-OH is 1. The van der Waals surface area contributed by atoms with E-state index in [9.17, 15) is 19.9 Å². The van der Waals surface area contributed by atoms with Crippen molar-refractivity contribution >= 4 is 23.8 Å². The SMILES string of the molecule is CC(C)C[C@@H](B(O)O)N(N)C(=O)CC(O)CCc1cccc2ccccc12. The molecule has 0 aliphatic carbocycles. The van der Waals surface area contributed by atoms with Gasteiger partial charge in [0.15, 0.2) is 0 Å². The third-order valence-electron chi connectivity index (χ3n) is 4.74. The van der Waals surface area contributed by atoms with Gasteiger partial charge in [-0.3, -0.25) is 9.80 Å². The maximum atomic E-state index is 12.3. The van der Waals surface area contributed by atoms with Crippen molar-refractivity contribution in [3.8, 4) is 0 Å². The van der Waals surface area contributed by atoms with Crippen molar-refractivity contribution < 1.29 is 19.9 Å². The lowest BCUT2D eigenvalue weighted by Gasteiger charge is -2.28. The monoisotopic (exact) mass is 372 g/mol. The molecule has 0 aliphatic rings. The molecular formula is C20H29BN2O4. The molecule has 0 fully saturated rings. The van der Waals surface area contributed by atoms with Crippen molar-refractivity contribution in [3.05, 3.63) is 48.0 Å². The third kappa shape index (κ3) is 6.04. The Morgan fingerprint density at radius 3 is 2.48 bits per heavy atom. The molecule has 0 saturated carbocycles. The van der Waals surface area contributed by atoms with Gasteiger partial charge in [-0.25, -0.2) is 5.84 Å². The number of benzene rings is 2. The molecule has 146 valence electrons. The molecule has 0 bridgehead atoms. The summed E-state index contributed by atoms with van der Waals surface area (Å²) in [7, 11) is -1.71.